The fraction of sp³-hybridized carbons (Fsp3) is 0.556. The first-order valence-corrected chi connectivity index (χ1v) is 10.6. The first-order chi connectivity index (χ1) is 13.0. The molecule has 9 heteroatoms. The van der Waals surface area contributed by atoms with E-state index in [4.69, 9.17) is 9.47 Å². The molecule has 0 aliphatic carbocycles. The van der Waals surface area contributed by atoms with Gasteiger partial charge in [0.2, 0.25) is 10.0 Å². The molecule has 27 heavy (non-hydrogen) atoms. The van der Waals surface area contributed by atoms with E-state index >= 15 is 0 Å². The molecule has 0 amide bonds. The Labute approximate surface area is 159 Å². The van der Waals surface area contributed by atoms with Crippen molar-refractivity contribution in [1.82, 2.24) is 19.1 Å². The van der Waals surface area contributed by atoms with Gasteiger partial charge in [0.1, 0.15) is 11.6 Å². The lowest BCUT2D eigenvalue weighted by Crippen LogP contribution is -2.42. The van der Waals surface area contributed by atoms with Crippen LogP contribution in [0.2, 0.25) is 0 Å². The minimum absolute atomic E-state index is 0.0874. The Morgan fingerprint density at radius 1 is 1.11 bits per heavy atom. The van der Waals surface area contributed by atoms with Gasteiger partial charge in [-0.3, -0.25) is 0 Å². The number of benzene rings is 1. The van der Waals surface area contributed by atoms with Crippen molar-refractivity contribution in [1.29, 1.82) is 0 Å². The summed E-state index contributed by atoms with van der Waals surface area (Å²) >= 11 is 0. The first-order valence-electron chi connectivity index (χ1n) is 9.16. The van der Waals surface area contributed by atoms with Crippen molar-refractivity contribution >= 4 is 10.0 Å². The highest BCUT2D eigenvalue weighted by atomic mass is 32.2. The van der Waals surface area contributed by atoms with Gasteiger partial charge in [0.05, 0.1) is 19.1 Å². The molecule has 0 radical (unpaired) electrons. The van der Waals surface area contributed by atoms with Gasteiger partial charge in [-0.1, -0.05) is 6.92 Å². The zero-order valence-corrected chi connectivity index (χ0v) is 16.6. The second kappa shape index (κ2) is 6.79. The molecular weight excluding hydrogens is 368 g/mol. The minimum Gasteiger partial charge on any atom is -0.493 e. The van der Waals surface area contributed by atoms with Crippen LogP contribution in [0.15, 0.2) is 23.1 Å². The normalized spacial score (nSPS) is 22.3. The van der Waals surface area contributed by atoms with Crippen LogP contribution < -0.4 is 9.47 Å². The SMILES string of the molecule is CCc1nnc2n1C[C@H]1CC[C@@H](C2)N1S(=O)(=O)c1ccc(OC)c(OC)c1. The maximum absolute atomic E-state index is 13.5. The summed E-state index contributed by atoms with van der Waals surface area (Å²) < 4.78 is 41.3. The summed E-state index contributed by atoms with van der Waals surface area (Å²) in [6.07, 6.45) is 3.06. The molecule has 0 unspecified atom stereocenters. The quantitative estimate of drug-likeness (QED) is 0.769. The molecule has 2 aliphatic heterocycles. The monoisotopic (exact) mass is 392 g/mol. The van der Waals surface area contributed by atoms with E-state index in [9.17, 15) is 8.42 Å². The van der Waals surface area contributed by atoms with Gasteiger partial charge in [-0.15, -0.1) is 10.2 Å². The molecular formula is C18H24N4O4S. The minimum atomic E-state index is -3.66. The summed E-state index contributed by atoms with van der Waals surface area (Å²) in [4.78, 5) is 0.227. The topological polar surface area (TPSA) is 86.6 Å². The molecule has 2 aromatic rings. The summed E-state index contributed by atoms with van der Waals surface area (Å²) in [5, 5.41) is 8.56. The third kappa shape index (κ3) is 2.89. The second-order valence-corrected chi connectivity index (χ2v) is 8.78. The van der Waals surface area contributed by atoms with Gasteiger partial charge in [0.25, 0.3) is 0 Å². The van der Waals surface area contributed by atoms with E-state index in [0.29, 0.717) is 24.5 Å². The molecule has 3 heterocycles. The van der Waals surface area contributed by atoms with E-state index in [-0.39, 0.29) is 17.0 Å². The van der Waals surface area contributed by atoms with E-state index in [2.05, 4.69) is 14.8 Å². The lowest BCUT2D eigenvalue weighted by molar-refractivity contribution is 0.313. The van der Waals surface area contributed by atoms with Gasteiger partial charge in [0, 0.05) is 37.5 Å². The van der Waals surface area contributed by atoms with E-state index < -0.39 is 10.0 Å². The van der Waals surface area contributed by atoms with Crippen LogP contribution in [-0.4, -0.2) is 53.8 Å². The number of ether oxygens (including phenoxy) is 2. The molecule has 0 spiro atoms. The Kier molecular flexibility index (Phi) is 4.59. The smallest absolute Gasteiger partial charge is 0.243 e. The Balaban J connectivity index is 1.72. The fourth-order valence-corrected chi connectivity index (χ4v) is 6.09. The van der Waals surface area contributed by atoms with Gasteiger partial charge in [0.15, 0.2) is 11.5 Å². The van der Waals surface area contributed by atoms with Crippen LogP contribution in [0.25, 0.3) is 0 Å². The van der Waals surface area contributed by atoms with Crippen LogP contribution in [0.4, 0.5) is 0 Å². The van der Waals surface area contributed by atoms with Crippen LogP contribution in [0.3, 0.4) is 0 Å². The molecule has 8 nitrogen and oxygen atoms in total. The van der Waals surface area contributed by atoms with Crippen LogP contribution in [0, 0.1) is 0 Å². The number of hydrogen-bond donors (Lipinski definition) is 0. The number of hydrogen-bond acceptors (Lipinski definition) is 6. The summed E-state index contributed by atoms with van der Waals surface area (Å²) in [6.45, 7) is 2.65. The lowest BCUT2D eigenvalue weighted by atomic mass is 10.1. The van der Waals surface area contributed by atoms with Crippen molar-refractivity contribution in [2.75, 3.05) is 14.2 Å². The molecule has 2 bridgehead atoms. The van der Waals surface area contributed by atoms with Crippen LogP contribution in [0.5, 0.6) is 11.5 Å². The van der Waals surface area contributed by atoms with Crippen LogP contribution >= 0.6 is 0 Å². The number of aryl methyl sites for hydroxylation is 1. The number of rotatable bonds is 5. The summed E-state index contributed by atoms with van der Waals surface area (Å²) in [5.41, 5.74) is 0. The summed E-state index contributed by atoms with van der Waals surface area (Å²) in [5.74, 6) is 2.72. The zero-order valence-electron chi connectivity index (χ0n) is 15.8. The predicted octanol–water partition coefficient (Wildman–Crippen LogP) is 1.64. The molecule has 146 valence electrons. The molecule has 0 N–H and O–H groups in total. The number of fused-ring (bicyclic) bond motifs is 3. The highest BCUT2D eigenvalue weighted by Gasteiger charge is 2.45. The average molecular weight is 392 g/mol. The molecule has 1 aromatic carbocycles. The van der Waals surface area contributed by atoms with E-state index in [1.807, 2.05) is 6.92 Å². The maximum Gasteiger partial charge on any atom is 0.243 e. The lowest BCUT2D eigenvalue weighted by Gasteiger charge is -2.27. The van der Waals surface area contributed by atoms with Gasteiger partial charge < -0.3 is 14.0 Å². The Hall–Kier alpha value is -2.13. The standard InChI is InChI=1S/C18H24N4O4S/c1-4-17-19-20-18-9-12-5-6-13(11-21(17)18)22(12)27(23,24)14-7-8-15(25-2)16(10-14)26-3/h7-8,10,12-13H,4-6,9,11H2,1-3H3/t12-,13+/m0/s1. The number of nitrogens with zero attached hydrogens (tertiary/aromatic N) is 4. The highest BCUT2D eigenvalue weighted by molar-refractivity contribution is 7.89. The van der Waals surface area contributed by atoms with Crippen LogP contribution in [0.1, 0.15) is 31.4 Å². The number of aromatic nitrogens is 3. The second-order valence-electron chi connectivity index (χ2n) is 6.94. The van der Waals surface area contributed by atoms with Crippen molar-refractivity contribution in [2.45, 2.75) is 56.1 Å². The Morgan fingerprint density at radius 3 is 2.56 bits per heavy atom. The highest BCUT2D eigenvalue weighted by Crippen LogP contribution is 2.38. The molecule has 1 saturated heterocycles. The molecule has 2 aliphatic rings. The van der Waals surface area contributed by atoms with Crippen molar-refractivity contribution in [2.24, 2.45) is 0 Å². The molecule has 4 rings (SSSR count). The molecule has 2 atom stereocenters. The number of methoxy groups -OCH3 is 2. The Bertz CT molecular complexity index is 956. The van der Waals surface area contributed by atoms with Gasteiger partial charge in [-0.05, 0) is 25.0 Å². The van der Waals surface area contributed by atoms with Crippen molar-refractivity contribution in [3.63, 3.8) is 0 Å². The first kappa shape index (κ1) is 18.2. The van der Waals surface area contributed by atoms with Crippen LogP contribution in [-0.2, 0) is 29.4 Å². The van der Waals surface area contributed by atoms with E-state index in [1.165, 1.54) is 20.3 Å². The molecule has 1 aromatic heterocycles. The van der Waals surface area contributed by atoms with E-state index in [1.54, 1.807) is 16.4 Å². The average Bonchev–Trinajstić information content (AvgIpc) is 3.20. The fourth-order valence-electron chi connectivity index (χ4n) is 4.21. The maximum atomic E-state index is 13.5. The Morgan fingerprint density at radius 2 is 1.85 bits per heavy atom. The molecule has 1 fully saturated rings. The zero-order chi connectivity index (χ0) is 19.2. The van der Waals surface area contributed by atoms with Gasteiger partial charge >= 0.3 is 0 Å². The van der Waals surface area contributed by atoms with E-state index in [0.717, 1.165) is 30.9 Å². The van der Waals surface area contributed by atoms with Crippen molar-refractivity contribution < 1.29 is 17.9 Å². The van der Waals surface area contributed by atoms with Crippen molar-refractivity contribution in [3.8, 4) is 11.5 Å². The summed E-state index contributed by atoms with van der Waals surface area (Å²) in [6, 6.07) is 4.57. The van der Waals surface area contributed by atoms with Gasteiger partial charge in [-0.2, -0.15) is 4.31 Å². The number of sulfonamides is 1. The van der Waals surface area contributed by atoms with Gasteiger partial charge in [-0.25, -0.2) is 8.42 Å². The largest absolute Gasteiger partial charge is 0.493 e. The third-order valence-corrected chi connectivity index (χ3v) is 7.52. The summed E-state index contributed by atoms with van der Waals surface area (Å²) in [7, 11) is -0.626. The van der Waals surface area contributed by atoms with Crippen molar-refractivity contribution in [3.05, 3.63) is 29.8 Å². The molecule has 0 saturated carbocycles. The predicted molar refractivity (Wildman–Crippen MR) is 98.5 cm³/mol. The third-order valence-electron chi connectivity index (χ3n) is 5.52.